The van der Waals surface area contributed by atoms with E-state index in [-0.39, 0.29) is 5.57 Å². The fraction of sp³-hybridized carbons (Fsp3) is 0.200. The van der Waals surface area contributed by atoms with Gasteiger partial charge in [0, 0.05) is 16.9 Å². The molecule has 0 aliphatic rings. The smallest absolute Gasteiger partial charge is 0.341 e. The molecule has 0 bridgehead atoms. The van der Waals surface area contributed by atoms with Crippen molar-refractivity contribution in [3.8, 4) is 0 Å². The second kappa shape index (κ2) is 5.50. The van der Waals surface area contributed by atoms with Crippen LogP contribution in [-0.2, 0) is 9.53 Å². The summed E-state index contributed by atoms with van der Waals surface area (Å²) in [6.07, 6.45) is 2.80. The number of carbonyl (C=O) groups excluding carboxylic acids is 1. The Morgan fingerprint density at radius 1 is 1.67 bits per heavy atom. The minimum atomic E-state index is -0.463. The number of nitrogens with zero attached hydrogens (tertiary/aromatic N) is 1. The molecule has 0 unspecified atom stereocenters. The largest absolute Gasteiger partial charge is 0.462 e. The lowest BCUT2D eigenvalue weighted by Crippen LogP contribution is -2.09. The third-order valence-corrected chi connectivity index (χ3v) is 2.13. The second-order valence-electron chi connectivity index (χ2n) is 2.66. The Hall–Kier alpha value is -1.36. The van der Waals surface area contributed by atoms with E-state index in [1.54, 1.807) is 25.3 Å². The predicted molar refractivity (Wildman–Crippen MR) is 60.7 cm³/mol. The lowest BCUT2D eigenvalue weighted by Gasteiger charge is -2.05. The SMILES string of the molecule is CCOC(=O)/C(=C/N)c1ccc(Br)cn1. The van der Waals surface area contributed by atoms with E-state index in [9.17, 15) is 4.79 Å². The molecule has 5 heteroatoms. The molecule has 15 heavy (non-hydrogen) atoms. The van der Waals surface area contributed by atoms with Gasteiger partial charge < -0.3 is 10.5 Å². The monoisotopic (exact) mass is 270 g/mol. The predicted octanol–water partition coefficient (Wildman–Crippen LogP) is 1.71. The Morgan fingerprint density at radius 3 is 2.87 bits per heavy atom. The van der Waals surface area contributed by atoms with Gasteiger partial charge in [-0.15, -0.1) is 0 Å². The zero-order chi connectivity index (χ0) is 11.3. The summed E-state index contributed by atoms with van der Waals surface area (Å²) in [5.74, 6) is -0.463. The number of rotatable bonds is 3. The third-order valence-electron chi connectivity index (χ3n) is 1.67. The Balaban J connectivity index is 2.94. The number of esters is 1. The number of carbonyl (C=O) groups is 1. The van der Waals surface area contributed by atoms with Gasteiger partial charge in [0.05, 0.1) is 12.3 Å². The van der Waals surface area contributed by atoms with Gasteiger partial charge in [0.15, 0.2) is 0 Å². The first-order valence-corrected chi connectivity index (χ1v) is 5.19. The van der Waals surface area contributed by atoms with E-state index in [4.69, 9.17) is 10.5 Å². The van der Waals surface area contributed by atoms with Crippen LogP contribution in [0.1, 0.15) is 12.6 Å². The van der Waals surface area contributed by atoms with Crippen LogP contribution in [0, 0.1) is 0 Å². The third kappa shape index (κ3) is 3.06. The number of ether oxygens (including phenoxy) is 1. The maximum Gasteiger partial charge on any atom is 0.341 e. The summed E-state index contributed by atoms with van der Waals surface area (Å²) in [6, 6.07) is 3.48. The van der Waals surface area contributed by atoms with Crippen LogP contribution in [0.2, 0.25) is 0 Å². The van der Waals surface area contributed by atoms with Crippen molar-refractivity contribution in [1.29, 1.82) is 0 Å². The number of nitrogens with two attached hydrogens (primary N) is 1. The van der Waals surface area contributed by atoms with E-state index in [1.165, 1.54) is 6.20 Å². The van der Waals surface area contributed by atoms with Crippen molar-refractivity contribution < 1.29 is 9.53 Å². The molecule has 1 aromatic heterocycles. The summed E-state index contributed by atoms with van der Waals surface area (Å²) in [4.78, 5) is 15.5. The van der Waals surface area contributed by atoms with Crippen molar-refractivity contribution in [1.82, 2.24) is 4.98 Å². The molecule has 0 aromatic carbocycles. The van der Waals surface area contributed by atoms with Crippen molar-refractivity contribution >= 4 is 27.5 Å². The summed E-state index contributed by atoms with van der Waals surface area (Å²) in [6.45, 7) is 2.05. The second-order valence-corrected chi connectivity index (χ2v) is 3.58. The van der Waals surface area contributed by atoms with Gasteiger partial charge in [0.25, 0.3) is 0 Å². The molecule has 4 nitrogen and oxygen atoms in total. The van der Waals surface area contributed by atoms with Crippen LogP contribution in [0.15, 0.2) is 29.0 Å². The minimum Gasteiger partial charge on any atom is -0.462 e. The molecular weight excluding hydrogens is 260 g/mol. The molecule has 0 aliphatic heterocycles. The summed E-state index contributed by atoms with van der Waals surface area (Å²) in [5, 5.41) is 0. The highest BCUT2D eigenvalue weighted by Crippen LogP contribution is 2.15. The van der Waals surface area contributed by atoms with Crippen LogP contribution in [-0.4, -0.2) is 17.6 Å². The fourth-order valence-corrected chi connectivity index (χ4v) is 1.24. The summed E-state index contributed by atoms with van der Waals surface area (Å²) in [7, 11) is 0. The van der Waals surface area contributed by atoms with E-state index in [0.717, 1.165) is 4.47 Å². The Kier molecular flexibility index (Phi) is 4.30. The quantitative estimate of drug-likeness (QED) is 0.671. The Bertz CT molecular complexity index is 374. The van der Waals surface area contributed by atoms with Crippen molar-refractivity contribution in [3.63, 3.8) is 0 Å². The van der Waals surface area contributed by atoms with Crippen LogP contribution in [0.3, 0.4) is 0 Å². The van der Waals surface area contributed by atoms with Crippen LogP contribution in [0.5, 0.6) is 0 Å². The molecule has 80 valence electrons. The lowest BCUT2D eigenvalue weighted by atomic mass is 10.2. The molecule has 1 aromatic rings. The Morgan fingerprint density at radius 2 is 2.40 bits per heavy atom. The van der Waals surface area contributed by atoms with Gasteiger partial charge in [-0.2, -0.15) is 0 Å². The first kappa shape index (κ1) is 11.7. The highest BCUT2D eigenvalue weighted by atomic mass is 79.9. The van der Waals surface area contributed by atoms with Crippen LogP contribution in [0.4, 0.5) is 0 Å². The van der Waals surface area contributed by atoms with Gasteiger partial charge in [0.1, 0.15) is 5.57 Å². The molecule has 1 heterocycles. The van der Waals surface area contributed by atoms with Crippen LogP contribution < -0.4 is 5.73 Å². The van der Waals surface area contributed by atoms with E-state index in [1.807, 2.05) is 0 Å². The first-order valence-electron chi connectivity index (χ1n) is 4.40. The molecule has 0 saturated heterocycles. The van der Waals surface area contributed by atoms with Crippen molar-refractivity contribution in [2.45, 2.75) is 6.92 Å². The maximum absolute atomic E-state index is 11.4. The summed E-state index contributed by atoms with van der Waals surface area (Å²) < 4.78 is 5.68. The summed E-state index contributed by atoms with van der Waals surface area (Å²) >= 11 is 3.25. The van der Waals surface area contributed by atoms with E-state index >= 15 is 0 Å². The van der Waals surface area contributed by atoms with Crippen molar-refractivity contribution in [2.75, 3.05) is 6.61 Å². The molecule has 2 N–H and O–H groups in total. The number of halogens is 1. The molecular formula is C10H11BrN2O2. The highest BCUT2D eigenvalue weighted by Gasteiger charge is 2.13. The van der Waals surface area contributed by atoms with Gasteiger partial charge in [0.2, 0.25) is 0 Å². The zero-order valence-corrected chi connectivity index (χ0v) is 9.82. The highest BCUT2D eigenvalue weighted by molar-refractivity contribution is 9.10. The molecule has 0 radical (unpaired) electrons. The van der Waals surface area contributed by atoms with Gasteiger partial charge in [-0.1, -0.05) is 0 Å². The van der Waals surface area contributed by atoms with E-state index in [0.29, 0.717) is 12.3 Å². The molecule has 0 saturated carbocycles. The number of hydrogen-bond donors (Lipinski definition) is 1. The molecule has 1 rings (SSSR count). The fourth-order valence-electron chi connectivity index (χ4n) is 1.00. The van der Waals surface area contributed by atoms with Gasteiger partial charge in [-0.25, -0.2) is 4.79 Å². The van der Waals surface area contributed by atoms with Gasteiger partial charge in [-0.05, 0) is 35.0 Å². The zero-order valence-electron chi connectivity index (χ0n) is 8.24. The maximum atomic E-state index is 11.4. The van der Waals surface area contributed by atoms with E-state index < -0.39 is 5.97 Å². The average Bonchev–Trinajstić information content (AvgIpc) is 2.22. The molecule has 0 spiro atoms. The number of pyridine rings is 1. The molecule has 0 amide bonds. The first-order chi connectivity index (χ1) is 7.19. The van der Waals surface area contributed by atoms with Crippen LogP contribution in [0.25, 0.3) is 5.57 Å². The summed E-state index contributed by atoms with van der Waals surface area (Å²) in [5.41, 5.74) is 6.13. The van der Waals surface area contributed by atoms with Crippen molar-refractivity contribution in [2.24, 2.45) is 5.73 Å². The van der Waals surface area contributed by atoms with Crippen LogP contribution >= 0.6 is 15.9 Å². The van der Waals surface area contributed by atoms with Gasteiger partial charge >= 0.3 is 5.97 Å². The average molecular weight is 271 g/mol. The number of aromatic nitrogens is 1. The molecule has 0 atom stereocenters. The number of hydrogen-bond acceptors (Lipinski definition) is 4. The minimum absolute atomic E-state index is 0.268. The normalized spacial score (nSPS) is 11.2. The lowest BCUT2D eigenvalue weighted by molar-refractivity contribution is -0.136. The standard InChI is InChI=1S/C10H11BrN2O2/c1-2-15-10(14)8(5-12)9-4-3-7(11)6-13-9/h3-6H,2,12H2,1H3/b8-5+. The van der Waals surface area contributed by atoms with Crippen molar-refractivity contribution in [3.05, 3.63) is 34.7 Å². The Labute approximate surface area is 96.3 Å². The van der Waals surface area contributed by atoms with Gasteiger partial charge in [-0.3, -0.25) is 4.98 Å². The topological polar surface area (TPSA) is 65.2 Å². The molecule has 0 aliphatic carbocycles. The van der Waals surface area contributed by atoms with E-state index in [2.05, 4.69) is 20.9 Å². The molecule has 0 fully saturated rings.